The number of hydrogen-bond donors (Lipinski definition) is 1. The quantitative estimate of drug-likeness (QED) is 0.882. The summed E-state index contributed by atoms with van der Waals surface area (Å²) in [5.41, 5.74) is 0.945. The molecule has 1 heterocycles. The number of aryl methyl sites for hydroxylation is 1. The van der Waals surface area contributed by atoms with Crippen molar-refractivity contribution in [1.29, 1.82) is 0 Å². The number of anilines is 1. The molecule has 2 amide bonds. The largest absolute Gasteiger partial charge is 0.345 e. The Bertz CT molecular complexity index is 528. The Morgan fingerprint density at radius 2 is 2.05 bits per heavy atom. The molecule has 1 N–H and O–H groups in total. The van der Waals surface area contributed by atoms with Crippen molar-refractivity contribution in [3.63, 3.8) is 0 Å². The van der Waals surface area contributed by atoms with Gasteiger partial charge in [0.2, 0.25) is 11.8 Å². The highest BCUT2D eigenvalue weighted by Gasteiger charge is 2.37. The van der Waals surface area contributed by atoms with Gasteiger partial charge in [-0.15, -0.1) is 0 Å². The van der Waals surface area contributed by atoms with Crippen LogP contribution in [0.2, 0.25) is 0 Å². The Balaban J connectivity index is 2.45. The zero-order chi connectivity index (χ0) is 14.2. The van der Waals surface area contributed by atoms with Crippen molar-refractivity contribution in [3.05, 3.63) is 29.6 Å². The maximum Gasteiger partial charge on any atom is 0.247 e. The molecule has 0 aliphatic carbocycles. The molecule has 0 spiro atoms. The Morgan fingerprint density at radius 3 is 2.63 bits per heavy atom. The fourth-order valence-corrected chi connectivity index (χ4v) is 2.26. The number of rotatable bonds is 2. The topological polar surface area (TPSA) is 49.4 Å². The van der Waals surface area contributed by atoms with Crippen LogP contribution in [0.5, 0.6) is 0 Å². The molecule has 1 saturated heterocycles. The van der Waals surface area contributed by atoms with E-state index in [2.05, 4.69) is 5.32 Å². The van der Waals surface area contributed by atoms with Gasteiger partial charge in [0.1, 0.15) is 11.9 Å². The van der Waals surface area contributed by atoms with Crippen molar-refractivity contribution in [1.82, 2.24) is 5.32 Å². The van der Waals surface area contributed by atoms with Crippen LogP contribution < -0.4 is 10.2 Å². The second-order valence-electron chi connectivity index (χ2n) is 5.10. The monoisotopic (exact) mass is 264 g/mol. The Hall–Kier alpha value is -1.91. The van der Waals surface area contributed by atoms with E-state index in [4.69, 9.17) is 0 Å². The first kappa shape index (κ1) is 13.5. The average Bonchev–Trinajstić information content (AvgIpc) is 2.35. The van der Waals surface area contributed by atoms with Crippen molar-refractivity contribution in [2.75, 3.05) is 11.4 Å². The number of carbonyl (C=O) groups excluding carboxylic acids is 2. The first-order chi connectivity index (χ1) is 8.91. The number of benzene rings is 1. The molecular weight excluding hydrogens is 247 g/mol. The minimum absolute atomic E-state index is 0.0441. The molecule has 1 unspecified atom stereocenters. The highest BCUT2D eigenvalue weighted by molar-refractivity contribution is 6.06. The lowest BCUT2D eigenvalue weighted by molar-refractivity contribution is -0.131. The molecule has 1 atom stereocenters. The molecule has 1 aromatic carbocycles. The molecule has 0 saturated carbocycles. The number of amides is 2. The molecular formula is C14H17FN2O2. The van der Waals surface area contributed by atoms with Crippen LogP contribution in [0.25, 0.3) is 0 Å². The van der Waals surface area contributed by atoms with Crippen LogP contribution >= 0.6 is 0 Å². The standard InChI is InChI=1S/C14H17FN2O2/c1-8(2)13-14(19)16-7-12(18)17(13)10-5-4-9(3)11(15)6-10/h4-6,8,13H,7H2,1-3H3,(H,16,19). The fourth-order valence-electron chi connectivity index (χ4n) is 2.26. The van der Waals surface area contributed by atoms with Crippen LogP contribution in [0.4, 0.5) is 10.1 Å². The van der Waals surface area contributed by atoms with Gasteiger partial charge in [-0.2, -0.15) is 0 Å². The fraction of sp³-hybridized carbons (Fsp3) is 0.429. The normalized spacial score (nSPS) is 19.8. The van der Waals surface area contributed by atoms with Gasteiger partial charge < -0.3 is 5.32 Å². The molecule has 4 nitrogen and oxygen atoms in total. The lowest BCUT2D eigenvalue weighted by Crippen LogP contribution is -2.60. The number of nitrogens with one attached hydrogen (secondary N) is 1. The maximum atomic E-state index is 13.6. The van der Waals surface area contributed by atoms with Gasteiger partial charge in [-0.3, -0.25) is 14.5 Å². The molecule has 1 aromatic rings. The number of carbonyl (C=O) groups is 2. The minimum atomic E-state index is -0.594. The SMILES string of the molecule is Cc1ccc(N2C(=O)CNC(=O)C2C(C)C)cc1F. The van der Waals surface area contributed by atoms with Gasteiger partial charge in [0, 0.05) is 5.69 Å². The summed E-state index contributed by atoms with van der Waals surface area (Å²) in [5, 5.41) is 2.57. The van der Waals surface area contributed by atoms with Gasteiger partial charge in [-0.25, -0.2) is 4.39 Å². The van der Waals surface area contributed by atoms with E-state index in [1.807, 2.05) is 13.8 Å². The molecule has 1 aliphatic heterocycles. The minimum Gasteiger partial charge on any atom is -0.345 e. The third kappa shape index (κ3) is 2.45. The molecule has 102 valence electrons. The Kier molecular flexibility index (Phi) is 3.55. The highest BCUT2D eigenvalue weighted by Crippen LogP contribution is 2.25. The maximum absolute atomic E-state index is 13.6. The van der Waals surface area contributed by atoms with Crippen molar-refractivity contribution in [2.24, 2.45) is 5.92 Å². The molecule has 0 radical (unpaired) electrons. The average molecular weight is 264 g/mol. The van der Waals surface area contributed by atoms with E-state index in [1.54, 1.807) is 19.1 Å². The summed E-state index contributed by atoms with van der Waals surface area (Å²) in [4.78, 5) is 25.4. The van der Waals surface area contributed by atoms with Crippen molar-refractivity contribution in [2.45, 2.75) is 26.8 Å². The Labute approximate surface area is 111 Å². The van der Waals surface area contributed by atoms with Gasteiger partial charge in [-0.05, 0) is 30.5 Å². The van der Waals surface area contributed by atoms with Gasteiger partial charge >= 0.3 is 0 Å². The molecule has 0 aromatic heterocycles. The van der Waals surface area contributed by atoms with Crippen LogP contribution in [0.3, 0.4) is 0 Å². The van der Waals surface area contributed by atoms with Crippen LogP contribution in [-0.2, 0) is 9.59 Å². The smallest absolute Gasteiger partial charge is 0.247 e. The van der Waals surface area contributed by atoms with Crippen molar-refractivity contribution >= 4 is 17.5 Å². The third-order valence-corrected chi connectivity index (χ3v) is 3.29. The first-order valence-electron chi connectivity index (χ1n) is 6.27. The Morgan fingerprint density at radius 1 is 1.37 bits per heavy atom. The molecule has 5 heteroatoms. The van der Waals surface area contributed by atoms with Crippen molar-refractivity contribution < 1.29 is 14.0 Å². The van der Waals surface area contributed by atoms with Gasteiger partial charge in [0.05, 0.1) is 6.54 Å². The van der Waals surface area contributed by atoms with Crippen LogP contribution in [0.1, 0.15) is 19.4 Å². The molecule has 2 rings (SSSR count). The van der Waals surface area contributed by atoms with E-state index in [1.165, 1.54) is 11.0 Å². The number of hydrogen-bond acceptors (Lipinski definition) is 2. The highest BCUT2D eigenvalue weighted by atomic mass is 19.1. The summed E-state index contributed by atoms with van der Waals surface area (Å²) in [6.45, 7) is 5.34. The zero-order valence-corrected chi connectivity index (χ0v) is 11.2. The lowest BCUT2D eigenvalue weighted by Gasteiger charge is -2.37. The van der Waals surface area contributed by atoms with Gasteiger partial charge in [0.25, 0.3) is 0 Å². The van der Waals surface area contributed by atoms with Gasteiger partial charge in [-0.1, -0.05) is 19.9 Å². The van der Waals surface area contributed by atoms with E-state index in [-0.39, 0.29) is 30.1 Å². The van der Waals surface area contributed by atoms with Crippen LogP contribution in [0.15, 0.2) is 18.2 Å². The molecule has 1 fully saturated rings. The number of piperazine rings is 1. The summed E-state index contributed by atoms with van der Waals surface area (Å²) in [7, 11) is 0. The zero-order valence-electron chi connectivity index (χ0n) is 11.2. The second-order valence-corrected chi connectivity index (χ2v) is 5.10. The lowest BCUT2D eigenvalue weighted by atomic mass is 9.98. The van der Waals surface area contributed by atoms with E-state index in [0.29, 0.717) is 11.3 Å². The molecule has 1 aliphatic rings. The van der Waals surface area contributed by atoms with E-state index in [0.717, 1.165) is 0 Å². The summed E-state index contributed by atoms with van der Waals surface area (Å²) in [5.74, 6) is -0.843. The molecule has 19 heavy (non-hydrogen) atoms. The summed E-state index contributed by atoms with van der Waals surface area (Å²) < 4.78 is 13.6. The molecule has 0 bridgehead atoms. The van der Waals surface area contributed by atoms with E-state index >= 15 is 0 Å². The predicted molar refractivity (Wildman–Crippen MR) is 70.3 cm³/mol. The van der Waals surface area contributed by atoms with Crippen molar-refractivity contribution in [3.8, 4) is 0 Å². The van der Waals surface area contributed by atoms with Crippen LogP contribution in [-0.4, -0.2) is 24.4 Å². The number of nitrogens with zero attached hydrogens (tertiary/aromatic N) is 1. The van der Waals surface area contributed by atoms with Gasteiger partial charge in [0.15, 0.2) is 0 Å². The number of halogens is 1. The summed E-state index contributed by atoms with van der Waals surface area (Å²) in [6.07, 6.45) is 0. The predicted octanol–water partition coefficient (Wildman–Crippen LogP) is 1.62. The second kappa shape index (κ2) is 4.99. The summed E-state index contributed by atoms with van der Waals surface area (Å²) >= 11 is 0. The van der Waals surface area contributed by atoms with E-state index < -0.39 is 6.04 Å². The summed E-state index contributed by atoms with van der Waals surface area (Å²) in [6, 6.07) is 4.00. The van der Waals surface area contributed by atoms with Crippen LogP contribution in [0, 0.1) is 18.7 Å². The first-order valence-corrected chi connectivity index (χ1v) is 6.27. The third-order valence-electron chi connectivity index (χ3n) is 3.29. The van der Waals surface area contributed by atoms with E-state index in [9.17, 15) is 14.0 Å².